The van der Waals surface area contributed by atoms with Gasteiger partial charge in [0.2, 0.25) is 0 Å². The molecule has 3 rings (SSSR count). The quantitative estimate of drug-likeness (QED) is 0.617. The van der Waals surface area contributed by atoms with Gasteiger partial charge in [0, 0.05) is 24.0 Å². The highest BCUT2D eigenvalue weighted by Crippen LogP contribution is 2.41. The lowest BCUT2D eigenvalue weighted by molar-refractivity contribution is -0.140. The zero-order valence-electron chi connectivity index (χ0n) is 14.3. The van der Waals surface area contributed by atoms with Crippen LogP contribution in [0.2, 0.25) is 0 Å². The van der Waals surface area contributed by atoms with Gasteiger partial charge in [0.25, 0.3) is 0 Å². The molecule has 132 valence electrons. The third-order valence-electron chi connectivity index (χ3n) is 4.38. The Hall–Kier alpha value is -1.99. The second kappa shape index (κ2) is 7.93. The molecule has 0 amide bonds. The second-order valence-electron chi connectivity index (χ2n) is 5.97. The SMILES string of the molecule is COC(=O)CCCN1C(=S)NC(c2ccccn2)C1c1sccc1C. The number of nitrogens with one attached hydrogen (secondary N) is 1. The van der Waals surface area contributed by atoms with Gasteiger partial charge in [-0.05, 0) is 54.7 Å². The lowest BCUT2D eigenvalue weighted by Gasteiger charge is -2.27. The Balaban J connectivity index is 1.86. The molecular formula is C18H21N3O2S2. The number of ether oxygens (including phenoxy) is 1. The van der Waals surface area contributed by atoms with E-state index >= 15 is 0 Å². The predicted molar refractivity (Wildman–Crippen MR) is 102 cm³/mol. The van der Waals surface area contributed by atoms with E-state index in [1.165, 1.54) is 17.6 Å². The van der Waals surface area contributed by atoms with Crippen molar-refractivity contribution in [3.63, 3.8) is 0 Å². The number of hydrogen-bond acceptors (Lipinski definition) is 5. The van der Waals surface area contributed by atoms with E-state index in [0.717, 1.165) is 5.69 Å². The standard InChI is InChI=1S/C18H21N3O2S2/c1-12-8-11-25-17(12)16-15(13-6-3-4-9-19-13)20-18(24)21(16)10-5-7-14(22)23-2/h3-4,6,8-9,11,15-16H,5,7,10H2,1-2H3,(H,20,24). The molecule has 3 heterocycles. The highest BCUT2D eigenvalue weighted by Gasteiger charge is 2.40. The molecule has 0 radical (unpaired) electrons. The minimum atomic E-state index is -0.191. The highest BCUT2D eigenvalue weighted by molar-refractivity contribution is 7.80. The molecule has 2 atom stereocenters. The number of aryl methyl sites for hydroxylation is 1. The molecule has 25 heavy (non-hydrogen) atoms. The van der Waals surface area contributed by atoms with Gasteiger partial charge in [-0.15, -0.1) is 11.3 Å². The number of thiocarbonyl (C=S) groups is 1. The van der Waals surface area contributed by atoms with Crippen molar-refractivity contribution in [1.82, 2.24) is 15.2 Å². The van der Waals surface area contributed by atoms with Crippen LogP contribution < -0.4 is 5.32 Å². The summed E-state index contributed by atoms with van der Waals surface area (Å²) >= 11 is 7.33. The number of pyridine rings is 1. The van der Waals surface area contributed by atoms with Gasteiger partial charge in [-0.3, -0.25) is 9.78 Å². The topological polar surface area (TPSA) is 54.5 Å². The zero-order chi connectivity index (χ0) is 17.8. The monoisotopic (exact) mass is 375 g/mol. The summed E-state index contributed by atoms with van der Waals surface area (Å²) in [5, 5.41) is 6.24. The summed E-state index contributed by atoms with van der Waals surface area (Å²) in [5.74, 6) is -0.191. The average molecular weight is 376 g/mol. The van der Waals surface area contributed by atoms with Gasteiger partial charge in [-0.2, -0.15) is 0 Å². The highest BCUT2D eigenvalue weighted by atomic mass is 32.1. The van der Waals surface area contributed by atoms with Crippen molar-refractivity contribution in [2.75, 3.05) is 13.7 Å². The van der Waals surface area contributed by atoms with Gasteiger partial charge < -0.3 is 15.0 Å². The summed E-state index contributed by atoms with van der Waals surface area (Å²) in [6.45, 7) is 2.82. The summed E-state index contributed by atoms with van der Waals surface area (Å²) in [6.07, 6.45) is 2.89. The first kappa shape index (κ1) is 17.8. The van der Waals surface area contributed by atoms with Crippen LogP contribution in [0.15, 0.2) is 35.8 Å². The molecule has 2 unspecified atom stereocenters. The van der Waals surface area contributed by atoms with E-state index in [9.17, 15) is 4.79 Å². The number of thiophene rings is 1. The molecule has 0 aliphatic carbocycles. The van der Waals surface area contributed by atoms with Crippen LogP contribution in [0.25, 0.3) is 0 Å². The molecule has 0 bridgehead atoms. The molecule has 5 nitrogen and oxygen atoms in total. The van der Waals surface area contributed by atoms with Crippen LogP contribution in [0.4, 0.5) is 0 Å². The molecule has 1 aliphatic heterocycles. The third kappa shape index (κ3) is 3.82. The molecule has 0 aromatic carbocycles. The Morgan fingerprint density at radius 3 is 2.92 bits per heavy atom. The maximum atomic E-state index is 11.4. The Morgan fingerprint density at radius 1 is 1.44 bits per heavy atom. The minimum Gasteiger partial charge on any atom is -0.469 e. The number of methoxy groups -OCH3 is 1. The summed E-state index contributed by atoms with van der Waals surface area (Å²) in [4.78, 5) is 19.4. The largest absolute Gasteiger partial charge is 0.469 e. The fourth-order valence-electron chi connectivity index (χ4n) is 3.11. The second-order valence-corrected chi connectivity index (χ2v) is 7.30. The Labute approximate surface area is 157 Å². The fraction of sp³-hybridized carbons (Fsp3) is 0.389. The first-order valence-electron chi connectivity index (χ1n) is 8.20. The van der Waals surface area contributed by atoms with E-state index in [4.69, 9.17) is 17.0 Å². The number of aromatic nitrogens is 1. The van der Waals surface area contributed by atoms with E-state index in [-0.39, 0.29) is 18.1 Å². The molecular weight excluding hydrogens is 354 g/mol. The number of carbonyl (C=O) groups is 1. The number of carbonyl (C=O) groups excluding carboxylic acids is 1. The van der Waals surface area contributed by atoms with Crippen LogP contribution in [0.3, 0.4) is 0 Å². The third-order valence-corrected chi connectivity index (χ3v) is 5.82. The first-order valence-corrected chi connectivity index (χ1v) is 9.49. The van der Waals surface area contributed by atoms with Gasteiger partial charge in [-0.1, -0.05) is 6.07 Å². The molecule has 1 fully saturated rings. The molecule has 1 saturated heterocycles. The maximum Gasteiger partial charge on any atom is 0.305 e. The zero-order valence-corrected chi connectivity index (χ0v) is 15.9. The van der Waals surface area contributed by atoms with Crippen LogP contribution in [0, 0.1) is 6.92 Å². The van der Waals surface area contributed by atoms with Crippen molar-refractivity contribution < 1.29 is 9.53 Å². The number of nitrogens with zero attached hydrogens (tertiary/aromatic N) is 2. The van der Waals surface area contributed by atoms with Gasteiger partial charge in [0.1, 0.15) is 0 Å². The summed E-state index contributed by atoms with van der Waals surface area (Å²) in [6, 6.07) is 8.14. The molecule has 7 heteroatoms. The van der Waals surface area contributed by atoms with Crippen molar-refractivity contribution >= 4 is 34.6 Å². The summed E-state index contributed by atoms with van der Waals surface area (Å²) in [7, 11) is 1.42. The van der Waals surface area contributed by atoms with Crippen LogP contribution in [-0.2, 0) is 9.53 Å². The minimum absolute atomic E-state index is 0.00387. The first-order chi connectivity index (χ1) is 12.1. The Kier molecular flexibility index (Phi) is 5.65. The van der Waals surface area contributed by atoms with Crippen LogP contribution in [-0.4, -0.2) is 34.6 Å². The van der Waals surface area contributed by atoms with Crippen LogP contribution in [0.5, 0.6) is 0 Å². The Morgan fingerprint density at radius 2 is 2.28 bits per heavy atom. The van der Waals surface area contributed by atoms with Crippen molar-refractivity contribution in [3.05, 3.63) is 52.0 Å². The molecule has 0 saturated carbocycles. The molecule has 1 aliphatic rings. The van der Waals surface area contributed by atoms with Gasteiger partial charge >= 0.3 is 5.97 Å². The number of esters is 1. The number of hydrogen-bond donors (Lipinski definition) is 1. The van der Waals surface area contributed by atoms with Gasteiger partial charge in [0.15, 0.2) is 5.11 Å². The average Bonchev–Trinajstić information content (AvgIpc) is 3.18. The molecule has 2 aromatic rings. The maximum absolute atomic E-state index is 11.4. The lowest BCUT2D eigenvalue weighted by Crippen LogP contribution is -2.30. The number of rotatable bonds is 6. The normalized spacial score (nSPS) is 19.8. The van der Waals surface area contributed by atoms with Gasteiger partial charge in [-0.25, -0.2) is 0 Å². The van der Waals surface area contributed by atoms with E-state index in [1.54, 1.807) is 17.5 Å². The fourth-order valence-corrected chi connectivity index (χ4v) is 4.52. The van der Waals surface area contributed by atoms with E-state index in [1.807, 2.05) is 18.2 Å². The molecule has 2 aromatic heterocycles. The summed E-state index contributed by atoms with van der Waals surface area (Å²) in [5.41, 5.74) is 2.22. The van der Waals surface area contributed by atoms with E-state index in [0.29, 0.717) is 24.5 Å². The van der Waals surface area contributed by atoms with Crippen LogP contribution >= 0.6 is 23.6 Å². The molecule has 1 N–H and O–H groups in total. The van der Waals surface area contributed by atoms with E-state index in [2.05, 4.69) is 33.6 Å². The molecule has 0 spiro atoms. The smallest absolute Gasteiger partial charge is 0.305 e. The van der Waals surface area contributed by atoms with Crippen LogP contribution in [0.1, 0.15) is 41.1 Å². The summed E-state index contributed by atoms with van der Waals surface area (Å²) < 4.78 is 4.74. The van der Waals surface area contributed by atoms with Crippen molar-refractivity contribution in [3.8, 4) is 0 Å². The van der Waals surface area contributed by atoms with Gasteiger partial charge in [0.05, 0.1) is 24.9 Å². The van der Waals surface area contributed by atoms with E-state index < -0.39 is 0 Å². The predicted octanol–water partition coefficient (Wildman–Crippen LogP) is 3.38. The van der Waals surface area contributed by atoms with Crippen molar-refractivity contribution in [2.45, 2.75) is 31.8 Å². The lowest BCUT2D eigenvalue weighted by atomic mass is 10.0. The Bertz CT molecular complexity index is 748. The van der Waals surface area contributed by atoms with Crippen molar-refractivity contribution in [2.24, 2.45) is 0 Å². The van der Waals surface area contributed by atoms with Crippen molar-refractivity contribution in [1.29, 1.82) is 0 Å².